The SMILES string of the molecule is O=C(O)c1ccc(-c2cccc(C(=O)Nc3ccc(-n4nc(-c5cccnc5)cc4C(F)(F)F)nn3)c2)cc1. The molecule has 0 radical (unpaired) electrons. The van der Waals surface area contributed by atoms with Crippen molar-refractivity contribution in [2.75, 3.05) is 5.32 Å². The molecule has 194 valence electrons. The second-order valence-electron chi connectivity index (χ2n) is 8.26. The van der Waals surface area contributed by atoms with Crippen LogP contribution in [0.4, 0.5) is 19.0 Å². The van der Waals surface area contributed by atoms with Gasteiger partial charge in [0.05, 0.1) is 11.3 Å². The first-order valence-electron chi connectivity index (χ1n) is 11.4. The van der Waals surface area contributed by atoms with Crippen LogP contribution < -0.4 is 5.32 Å². The number of halogens is 3. The van der Waals surface area contributed by atoms with Gasteiger partial charge in [0.15, 0.2) is 17.3 Å². The molecule has 0 saturated carbocycles. The van der Waals surface area contributed by atoms with E-state index < -0.39 is 23.7 Å². The zero-order valence-electron chi connectivity index (χ0n) is 19.8. The minimum absolute atomic E-state index is 0.0214. The Kier molecular flexibility index (Phi) is 6.59. The highest BCUT2D eigenvalue weighted by Crippen LogP contribution is 2.33. The van der Waals surface area contributed by atoms with E-state index in [0.717, 1.165) is 6.07 Å². The summed E-state index contributed by atoms with van der Waals surface area (Å²) in [6.45, 7) is 0. The highest BCUT2D eigenvalue weighted by molar-refractivity contribution is 6.04. The van der Waals surface area contributed by atoms with Gasteiger partial charge >= 0.3 is 12.1 Å². The predicted molar refractivity (Wildman–Crippen MR) is 134 cm³/mol. The Morgan fingerprint density at radius 2 is 1.59 bits per heavy atom. The average Bonchev–Trinajstić information content (AvgIpc) is 3.41. The minimum Gasteiger partial charge on any atom is -0.478 e. The van der Waals surface area contributed by atoms with Gasteiger partial charge in [-0.15, -0.1) is 10.2 Å². The van der Waals surface area contributed by atoms with Crippen molar-refractivity contribution in [2.24, 2.45) is 0 Å². The minimum atomic E-state index is -4.71. The van der Waals surface area contributed by atoms with Crippen LogP contribution in [0.5, 0.6) is 0 Å². The number of carbonyl (C=O) groups excluding carboxylic acids is 1. The number of hydrogen-bond donors (Lipinski definition) is 2. The molecule has 2 N–H and O–H groups in total. The lowest BCUT2D eigenvalue weighted by atomic mass is 10.0. The van der Waals surface area contributed by atoms with Crippen LogP contribution in [0.1, 0.15) is 26.4 Å². The van der Waals surface area contributed by atoms with E-state index in [1.807, 2.05) is 0 Å². The second kappa shape index (κ2) is 10.2. The second-order valence-corrected chi connectivity index (χ2v) is 8.26. The monoisotopic (exact) mass is 530 g/mol. The van der Waals surface area contributed by atoms with Crippen molar-refractivity contribution in [1.29, 1.82) is 0 Å². The highest BCUT2D eigenvalue weighted by atomic mass is 19.4. The fraction of sp³-hybridized carbons (Fsp3) is 0.0370. The summed E-state index contributed by atoms with van der Waals surface area (Å²) in [4.78, 5) is 27.8. The molecule has 1 amide bonds. The number of carboxylic acid groups (broad SMARTS) is 1. The molecule has 0 aliphatic carbocycles. The van der Waals surface area contributed by atoms with Crippen LogP contribution in [0, 0.1) is 0 Å². The standard InChI is InChI=1S/C27H17F3N6O3/c28-27(29,30)22-14-21(20-5-2-12-31-15-20)35-36(22)24-11-10-23(33-34-24)32-25(37)19-4-1-3-18(13-19)16-6-8-17(9-7-16)26(38)39/h1-15H,(H,38,39)(H,32,33,37). The summed E-state index contributed by atoms with van der Waals surface area (Å²) < 4.78 is 41.8. The van der Waals surface area contributed by atoms with Crippen molar-refractivity contribution in [1.82, 2.24) is 25.0 Å². The summed E-state index contributed by atoms with van der Waals surface area (Å²) in [5.41, 5.74) is 1.24. The van der Waals surface area contributed by atoms with Gasteiger partial charge in [-0.2, -0.15) is 18.3 Å². The molecule has 39 heavy (non-hydrogen) atoms. The lowest BCUT2D eigenvalue weighted by molar-refractivity contribution is -0.142. The third-order valence-electron chi connectivity index (χ3n) is 5.66. The molecule has 0 fully saturated rings. The molecule has 3 heterocycles. The molecular formula is C27H17F3N6O3. The third-order valence-corrected chi connectivity index (χ3v) is 5.66. The van der Waals surface area contributed by atoms with Crippen LogP contribution in [0.15, 0.2) is 91.3 Å². The molecular weight excluding hydrogens is 513 g/mol. The van der Waals surface area contributed by atoms with E-state index in [9.17, 15) is 22.8 Å². The van der Waals surface area contributed by atoms with Gasteiger partial charge in [-0.1, -0.05) is 24.3 Å². The van der Waals surface area contributed by atoms with Crippen LogP contribution in [0.3, 0.4) is 0 Å². The summed E-state index contributed by atoms with van der Waals surface area (Å²) in [7, 11) is 0. The van der Waals surface area contributed by atoms with Crippen LogP contribution in [0.25, 0.3) is 28.2 Å². The van der Waals surface area contributed by atoms with Gasteiger partial charge in [0, 0.05) is 23.5 Å². The van der Waals surface area contributed by atoms with E-state index in [1.54, 1.807) is 48.5 Å². The summed E-state index contributed by atoms with van der Waals surface area (Å²) in [5, 5.41) is 23.4. The van der Waals surface area contributed by atoms with Gasteiger partial charge in [-0.3, -0.25) is 9.78 Å². The Balaban J connectivity index is 1.36. The Bertz CT molecular complexity index is 1650. The molecule has 0 saturated heterocycles. The van der Waals surface area contributed by atoms with Crippen molar-refractivity contribution in [3.8, 4) is 28.2 Å². The maximum atomic E-state index is 13.7. The highest BCUT2D eigenvalue weighted by Gasteiger charge is 2.37. The first-order chi connectivity index (χ1) is 18.7. The van der Waals surface area contributed by atoms with E-state index in [-0.39, 0.29) is 28.5 Å². The number of anilines is 1. The number of benzene rings is 2. The number of nitrogens with one attached hydrogen (secondary N) is 1. The molecule has 5 aromatic rings. The first kappa shape index (κ1) is 25.3. The van der Waals surface area contributed by atoms with Crippen molar-refractivity contribution >= 4 is 17.7 Å². The van der Waals surface area contributed by atoms with Gasteiger partial charge in [0.1, 0.15) is 0 Å². The number of pyridine rings is 1. The Morgan fingerprint density at radius 3 is 2.23 bits per heavy atom. The zero-order valence-corrected chi connectivity index (χ0v) is 19.8. The molecule has 3 aromatic heterocycles. The summed E-state index contributed by atoms with van der Waals surface area (Å²) >= 11 is 0. The maximum Gasteiger partial charge on any atom is 0.433 e. The smallest absolute Gasteiger partial charge is 0.433 e. The molecule has 0 unspecified atom stereocenters. The lowest BCUT2D eigenvalue weighted by Gasteiger charge is -2.10. The number of alkyl halides is 3. The van der Waals surface area contributed by atoms with E-state index >= 15 is 0 Å². The molecule has 0 aliphatic heterocycles. The largest absolute Gasteiger partial charge is 0.478 e. The van der Waals surface area contributed by atoms with E-state index in [1.165, 1.54) is 36.7 Å². The summed E-state index contributed by atoms with van der Waals surface area (Å²) in [6.07, 6.45) is -1.81. The van der Waals surface area contributed by atoms with E-state index in [4.69, 9.17) is 5.11 Å². The summed E-state index contributed by atoms with van der Waals surface area (Å²) in [5.74, 6) is -1.73. The lowest BCUT2D eigenvalue weighted by Crippen LogP contribution is -2.16. The normalized spacial score (nSPS) is 11.3. The molecule has 2 aromatic carbocycles. The Labute approximate surface area is 218 Å². The fourth-order valence-corrected chi connectivity index (χ4v) is 3.75. The quantitative estimate of drug-likeness (QED) is 0.303. The fourth-order valence-electron chi connectivity index (χ4n) is 3.75. The number of rotatable bonds is 6. The van der Waals surface area contributed by atoms with Crippen LogP contribution in [0.2, 0.25) is 0 Å². The van der Waals surface area contributed by atoms with Crippen LogP contribution in [-0.4, -0.2) is 41.9 Å². The number of carbonyl (C=O) groups is 2. The zero-order chi connectivity index (χ0) is 27.6. The van der Waals surface area contributed by atoms with Crippen molar-refractivity contribution in [2.45, 2.75) is 6.18 Å². The predicted octanol–water partition coefficient (Wildman–Crippen LogP) is 5.36. The summed E-state index contributed by atoms with van der Waals surface area (Å²) in [6, 6.07) is 19.5. The van der Waals surface area contributed by atoms with Crippen molar-refractivity contribution < 1.29 is 27.9 Å². The maximum absolute atomic E-state index is 13.7. The van der Waals surface area contributed by atoms with E-state index in [0.29, 0.717) is 21.4 Å². The number of hydrogen-bond acceptors (Lipinski definition) is 6. The third kappa shape index (κ3) is 5.49. The molecule has 9 nitrogen and oxygen atoms in total. The molecule has 0 aliphatic rings. The first-order valence-corrected chi connectivity index (χ1v) is 11.4. The van der Waals surface area contributed by atoms with Crippen molar-refractivity contribution in [3.05, 3.63) is 108 Å². The van der Waals surface area contributed by atoms with Gasteiger partial charge < -0.3 is 10.4 Å². The average molecular weight is 530 g/mol. The molecule has 0 bridgehead atoms. The van der Waals surface area contributed by atoms with Gasteiger partial charge in [-0.25, -0.2) is 9.48 Å². The Morgan fingerprint density at radius 1 is 0.821 bits per heavy atom. The van der Waals surface area contributed by atoms with Gasteiger partial charge in [-0.05, 0) is 65.7 Å². The number of amides is 1. The number of aromatic nitrogens is 5. The van der Waals surface area contributed by atoms with Crippen LogP contribution >= 0.6 is 0 Å². The topological polar surface area (TPSA) is 123 Å². The number of aromatic carboxylic acids is 1. The van der Waals surface area contributed by atoms with Gasteiger partial charge in [0.2, 0.25) is 0 Å². The molecule has 0 spiro atoms. The number of nitrogens with zero attached hydrogens (tertiary/aromatic N) is 5. The van der Waals surface area contributed by atoms with E-state index in [2.05, 4.69) is 25.6 Å². The molecule has 12 heteroatoms. The molecule has 5 rings (SSSR count). The van der Waals surface area contributed by atoms with Gasteiger partial charge in [0.25, 0.3) is 5.91 Å². The van der Waals surface area contributed by atoms with Crippen molar-refractivity contribution in [3.63, 3.8) is 0 Å². The Hall–Kier alpha value is -5.39. The van der Waals surface area contributed by atoms with Crippen LogP contribution in [-0.2, 0) is 6.18 Å². The molecule has 0 atom stereocenters. The number of carboxylic acids is 1.